The Balaban J connectivity index is 2.25. The maximum Gasteiger partial charge on any atom is 0.414 e. The molecule has 1 heterocycles. The number of aromatic amines is 1. The number of hydrogen-bond acceptors (Lipinski definition) is 5. The van der Waals surface area contributed by atoms with Gasteiger partial charge < -0.3 is 19.7 Å². The average Bonchev–Trinajstić information content (AvgIpc) is 2.97. The van der Waals surface area contributed by atoms with E-state index in [4.69, 9.17) is 13.1 Å². The summed E-state index contributed by atoms with van der Waals surface area (Å²) in [6.45, 7) is 19.6. The summed E-state index contributed by atoms with van der Waals surface area (Å²) in [5.41, 5.74) is 1.18. The van der Waals surface area contributed by atoms with Crippen LogP contribution in [0.25, 0.3) is 9.69 Å². The number of aromatic nitrogens is 2. The van der Waals surface area contributed by atoms with Gasteiger partial charge in [-0.1, -0.05) is 23.2 Å². The van der Waals surface area contributed by atoms with E-state index in [-0.39, 0.29) is 29.0 Å². The molecule has 2 rings (SSSR count). The molecule has 0 spiro atoms. The number of imidazole rings is 1. The van der Waals surface area contributed by atoms with Crippen molar-refractivity contribution in [3.8, 4) is 5.75 Å². The fraction of sp³-hybridized carbons (Fsp3) is 0.267. The zero-order valence-electron chi connectivity index (χ0n) is 12.8. The summed E-state index contributed by atoms with van der Waals surface area (Å²) in [6.07, 6.45) is 0. The van der Waals surface area contributed by atoms with E-state index in [1.807, 2.05) is 19.9 Å². The van der Waals surface area contributed by atoms with Crippen LogP contribution in [0.1, 0.15) is 13.8 Å². The number of hydrogen-bond donors (Lipinski definition) is 2. The predicted octanol–water partition coefficient (Wildman–Crippen LogP) is 4.48. The maximum absolute atomic E-state index is 10.1. The molecule has 1 aromatic carbocycles. The first-order valence-electron chi connectivity index (χ1n) is 6.97. The van der Waals surface area contributed by atoms with Crippen molar-refractivity contribution in [2.75, 3.05) is 18.0 Å². The lowest BCUT2D eigenvalue weighted by molar-refractivity contribution is 0.476. The molecular weight excluding hydrogens is 294 g/mol. The highest BCUT2D eigenvalue weighted by atomic mass is 16.3. The Hall–Kier alpha value is -3.39. The maximum atomic E-state index is 10.1. The monoisotopic (exact) mass is 309 g/mol. The number of nitrogens with zero attached hydrogens (tertiary/aromatic N) is 6. The molecule has 0 atom stereocenters. The molecule has 2 aromatic rings. The first kappa shape index (κ1) is 16.0. The second kappa shape index (κ2) is 7.05. The second-order valence-electron chi connectivity index (χ2n) is 4.50. The quantitative estimate of drug-likeness (QED) is 0.630. The third kappa shape index (κ3) is 3.44. The van der Waals surface area contributed by atoms with Crippen LogP contribution in [-0.4, -0.2) is 28.2 Å². The Labute approximate surface area is 133 Å². The lowest BCUT2D eigenvalue weighted by atomic mass is 10.2. The van der Waals surface area contributed by atoms with E-state index in [0.717, 1.165) is 18.8 Å². The molecule has 0 radical (unpaired) electrons. The number of phenols is 1. The van der Waals surface area contributed by atoms with Crippen LogP contribution in [0.2, 0.25) is 0 Å². The van der Waals surface area contributed by atoms with Crippen molar-refractivity contribution in [2.45, 2.75) is 13.8 Å². The van der Waals surface area contributed by atoms with Crippen molar-refractivity contribution in [1.29, 1.82) is 0 Å². The van der Waals surface area contributed by atoms with Crippen LogP contribution in [-0.2, 0) is 0 Å². The minimum Gasteiger partial charge on any atom is -0.506 e. The van der Waals surface area contributed by atoms with Crippen LogP contribution in [0.15, 0.2) is 28.4 Å². The summed E-state index contributed by atoms with van der Waals surface area (Å²) in [5, 5.41) is 17.8. The van der Waals surface area contributed by atoms with Gasteiger partial charge in [-0.25, -0.2) is 0 Å². The van der Waals surface area contributed by atoms with E-state index in [9.17, 15) is 5.11 Å². The van der Waals surface area contributed by atoms with Gasteiger partial charge in [0.2, 0.25) is 0 Å². The number of phenolic OH excluding ortho intramolecular Hbond substituents is 1. The largest absolute Gasteiger partial charge is 0.506 e. The zero-order chi connectivity index (χ0) is 16.8. The Morgan fingerprint density at radius 2 is 1.96 bits per heavy atom. The lowest BCUT2D eigenvalue weighted by Crippen LogP contribution is -2.21. The normalized spacial score (nSPS) is 10.4. The Bertz CT molecular complexity index is 775. The molecule has 8 heteroatoms. The van der Waals surface area contributed by atoms with Crippen LogP contribution in [0, 0.1) is 13.1 Å². The van der Waals surface area contributed by atoms with Crippen molar-refractivity contribution in [3.63, 3.8) is 0 Å². The fourth-order valence-electron chi connectivity index (χ4n) is 2.03. The minimum atomic E-state index is -0.0462. The Morgan fingerprint density at radius 1 is 1.22 bits per heavy atom. The summed E-state index contributed by atoms with van der Waals surface area (Å²) >= 11 is 0. The molecule has 23 heavy (non-hydrogen) atoms. The third-order valence-electron chi connectivity index (χ3n) is 3.21. The van der Waals surface area contributed by atoms with Gasteiger partial charge in [0.15, 0.2) is 0 Å². The van der Waals surface area contributed by atoms with Gasteiger partial charge in [0.1, 0.15) is 11.4 Å². The predicted molar refractivity (Wildman–Crippen MR) is 87.0 cm³/mol. The highest BCUT2D eigenvalue weighted by molar-refractivity contribution is 5.65. The van der Waals surface area contributed by atoms with E-state index in [1.54, 1.807) is 12.1 Å². The fourth-order valence-corrected chi connectivity index (χ4v) is 2.03. The molecule has 8 nitrogen and oxygen atoms in total. The smallest absolute Gasteiger partial charge is 0.414 e. The highest BCUT2D eigenvalue weighted by Gasteiger charge is 2.13. The van der Waals surface area contributed by atoms with Gasteiger partial charge in [-0.15, -0.1) is 5.11 Å². The molecule has 0 fully saturated rings. The number of aromatic hydroxyl groups is 1. The van der Waals surface area contributed by atoms with Crippen molar-refractivity contribution in [3.05, 3.63) is 41.0 Å². The van der Waals surface area contributed by atoms with E-state index in [1.165, 1.54) is 0 Å². The van der Waals surface area contributed by atoms with Gasteiger partial charge in [-0.3, -0.25) is 4.98 Å². The number of anilines is 1. The molecule has 0 aliphatic carbocycles. The van der Waals surface area contributed by atoms with Gasteiger partial charge in [-0.05, 0) is 26.0 Å². The van der Waals surface area contributed by atoms with Crippen molar-refractivity contribution < 1.29 is 5.11 Å². The molecule has 0 amide bonds. The SMILES string of the molecule is [C-]#[N+]c1nc(N=Nc2ccc(N(CC)CC)cc2O)[nH]c1[N+]#[C-]. The summed E-state index contributed by atoms with van der Waals surface area (Å²) in [5.74, 6) is 0.0276. The summed E-state index contributed by atoms with van der Waals surface area (Å²) < 4.78 is 0. The van der Waals surface area contributed by atoms with Crippen LogP contribution in [0.3, 0.4) is 0 Å². The molecule has 1 aromatic heterocycles. The van der Waals surface area contributed by atoms with E-state index in [2.05, 4.69) is 34.8 Å². The molecular formula is C15H15N7O. The number of rotatable bonds is 5. The molecule has 2 N–H and O–H groups in total. The van der Waals surface area contributed by atoms with Crippen LogP contribution >= 0.6 is 0 Å². The van der Waals surface area contributed by atoms with Crippen LogP contribution in [0.4, 0.5) is 29.0 Å². The standard InChI is InChI=1S/C15H15N7O/c1-5-22(6-2)10-7-8-11(12(23)9-10)20-21-15-18-13(16-3)14(17-4)19-15/h7-9,23H,5-6H2,1-2H3,(H,18,19). The topological polar surface area (TPSA) is 85.6 Å². The first-order chi connectivity index (χ1) is 11.1. The van der Waals surface area contributed by atoms with E-state index >= 15 is 0 Å². The van der Waals surface area contributed by atoms with Crippen molar-refractivity contribution in [1.82, 2.24) is 9.97 Å². The van der Waals surface area contributed by atoms with Gasteiger partial charge in [-0.2, -0.15) is 0 Å². The highest BCUT2D eigenvalue weighted by Crippen LogP contribution is 2.33. The summed E-state index contributed by atoms with van der Waals surface area (Å²) in [4.78, 5) is 14.8. The number of azo groups is 1. The number of benzene rings is 1. The first-order valence-corrected chi connectivity index (χ1v) is 6.97. The molecule has 0 saturated heterocycles. The second-order valence-corrected chi connectivity index (χ2v) is 4.50. The van der Waals surface area contributed by atoms with Crippen molar-refractivity contribution in [2.24, 2.45) is 10.2 Å². The molecule has 0 aliphatic rings. The molecule has 0 aliphatic heterocycles. The van der Waals surface area contributed by atoms with Gasteiger partial charge in [0.05, 0.1) is 0 Å². The van der Waals surface area contributed by atoms with Crippen LogP contribution in [0.5, 0.6) is 5.75 Å². The lowest BCUT2D eigenvalue weighted by Gasteiger charge is -2.21. The van der Waals surface area contributed by atoms with E-state index in [0.29, 0.717) is 0 Å². The average molecular weight is 309 g/mol. The van der Waals surface area contributed by atoms with Gasteiger partial charge in [0, 0.05) is 24.8 Å². The minimum absolute atomic E-state index is 0.000473. The molecule has 0 saturated carbocycles. The van der Waals surface area contributed by atoms with Gasteiger partial charge in [0.25, 0.3) is 11.6 Å². The zero-order valence-corrected chi connectivity index (χ0v) is 12.8. The Kier molecular flexibility index (Phi) is 4.90. The van der Waals surface area contributed by atoms with Crippen molar-refractivity contribution >= 4 is 29.0 Å². The number of H-pyrrole nitrogens is 1. The molecule has 116 valence electrons. The van der Waals surface area contributed by atoms with Gasteiger partial charge >= 0.3 is 5.95 Å². The van der Waals surface area contributed by atoms with E-state index < -0.39 is 0 Å². The van der Waals surface area contributed by atoms with Crippen LogP contribution < -0.4 is 4.90 Å². The summed E-state index contributed by atoms with van der Waals surface area (Å²) in [7, 11) is 0. The third-order valence-corrected chi connectivity index (χ3v) is 3.21. The molecule has 0 unspecified atom stereocenters. The Morgan fingerprint density at radius 3 is 2.48 bits per heavy atom. The number of nitrogens with one attached hydrogen (secondary N) is 1. The molecule has 0 bridgehead atoms. The summed E-state index contributed by atoms with van der Waals surface area (Å²) in [6, 6.07) is 5.12.